The van der Waals surface area contributed by atoms with Crippen molar-refractivity contribution in [2.24, 2.45) is 11.7 Å². The average molecular weight is 254 g/mol. The number of hydrogen-bond acceptors (Lipinski definition) is 3. The number of amides is 1. The SMILES string of the molecule is CC(N)C1CCCN(C(=O)CCC2CCCO2)C1. The molecule has 0 radical (unpaired) electrons. The monoisotopic (exact) mass is 254 g/mol. The fraction of sp³-hybridized carbons (Fsp3) is 0.929. The maximum atomic E-state index is 12.2. The van der Waals surface area contributed by atoms with Crippen LogP contribution in [0.1, 0.15) is 45.4 Å². The van der Waals surface area contributed by atoms with Crippen molar-refractivity contribution in [1.29, 1.82) is 0 Å². The van der Waals surface area contributed by atoms with Crippen LogP contribution in [-0.4, -0.2) is 42.6 Å². The van der Waals surface area contributed by atoms with E-state index in [9.17, 15) is 4.79 Å². The molecule has 2 aliphatic heterocycles. The van der Waals surface area contributed by atoms with E-state index < -0.39 is 0 Å². The number of ether oxygens (including phenoxy) is 1. The van der Waals surface area contributed by atoms with Gasteiger partial charge in [0.2, 0.25) is 5.91 Å². The van der Waals surface area contributed by atoms with E-state index in [1.54, 1.807) is 0 Å². The van der Waals surface area contributed by atoms with Gasteiger partial charge in [0.25, 0.3) is 0 Å². The standard InChI is InChI=1S/C14H26N2O2/c1-11(15)12-4-2-8-16(10-12)14(17)7-6-13-5-3-9-18-13/h11-13H,2-10,15H2,1H3. The molecule has 4 nitrogen and oxygen atoms in total. The van der Waals surface area contributed by atoms with Crippen LogP contribution in [0.3, 0.4) is 0 Å². The smallest absolute Gasteiger partial charge is 0.222 e. The van der Waals surface area contributed by atoms with Gasteiger partial charge < -0.3 is 15.4 Å². The summed E-state index contributed by atoms with van der Waals surface area (Å²) in [6.45, 7) is 4.68. The number of likely N-dealkylation sites (tertiary alicyclic amines) is 1. The molecule has 0 aromatic carbocycles. The molecule has 3 atom stereocenters. The van der Waals surface area contributed by atoms with Gasteiger partial charge in [-0.3, -0.25) is 4.79 Å². The first-order valence-electron chi connectivity index (χ1n) is 7.32. The molecule has 2 heterocycles. The summed E-state index contributed by atoms with van der Waals surface area (Å²) in [4.78, 5) is 14.2. The van der Waals surface area contributed by atoms with E-state index in [0.717, 1.165) is 51.8 Å². The minimum Gasteiger partial charge on any atom is -0.378 e. The summed E-state index contributed by atoms with van der Waals surface area (Å²) >= 11 is 0. The first-order chi connectivity index (χ1) is 8.66. The number of nitrogens with zero attached hydrogens (tertiary/aromatic N) is 1. The van der Waals surface area contributed by atoms with Crippen LogP contribution in [0, 0.1) is 5.92 Å². The molecule has 2 rings (SSSR count). The molecular formula is C14H26N2O2. The Morgan fingerprint density at radius 3 is 2.94 bits per heavy atom. The summed E-state index contributed by atoms with van der Waals surface area (Å²) < 4.78 is 5.56. The Balaban J connectivity index is 1.73. The van der Waals surface area contributed by atoms with Crippen molar-refractivity contribution in [3.63, 3.8) is 0 Å². The summed E-state index contributed by atoms with van der Waals surface area (Å²) in [6.07, 6.45) is 6.37. The molecule has 0 saturated carbocycles. The third-order valence-corrected chi connectivity index (χ3v) is 4.26. The Bertz CT molecular complexity index is 275. The molecule has 2 N–H and O–H groups in total. The molecular weight excluding hydrogens is 228 g/mol. The van der Waals surface area contributed by atoms with Crippen molar-refractivity contribution in [2.75, 3.05) is 19.7 Å². The van der Waals surface area contributed by atoms with Gasteiger partial charge in [-0.15, -0.1) is 0 Å². The van der Waals surface area contributed by atoms with Crippen molar-refractivity contribution >= 4 is 5.91 Å². The average Bonchev–Trinajstić information content (AvgIpc) is 2.89. The Kier molecular flexibility index (Phi) is 5.01. The molecule has 0 aromatic heterocycles. The van der Waals surface area contributed by atoms with Crippen LogP contribution in [0.15, 0.2) is 0 Å². The Morgan fingerprint density at radius 2 is 2.28 bits per heavy atom. The highest BCUT2D eigenvalue weighted by molar-refractivity contribution is 5.76. The molecule has 1 amide bonds. The molecule has 0 aliphatic carbocycles. The van der Waals surface area contributed by atoms with Gasteiger partial charge in [-0.05, 0) is 44.9 Å². The maximum absolute atomic E-state index is 12.2. The van der Waals surface area contributed by atoms with E-state index in [1.807, 2.05) is 11.8 Å². The highest BCUT2D eigenvalue weighted by atomic mass is 16.5. The number of rotatable bonds is 4. The van der Waals surface area contributed by atoms with Gasteiger partial charge in [-0.25, -0.2) is 0 Å². The van der Waals surface area contributed by atoms with E-state index in [2.05, 4.69) is 0 Å². The molecule has 18 heavy (non-hydrogen) atoms. The number of carbonyl (C=O) groups is 1. The first-order valence-corrected chi connectivity index (χ1v) is 7.32. The van der Waals surface area contributed by atoms with E-state index in [-0.39, 0.29) is 11.9 Å². The summed E-state index contributed by atoms with van der Waals surface area (Å²) in [5.74, 6) is 0.765. The second-order valence-corrected chi connectivity index (χ2v) is 5.77. The van der Waals surface area contributed by atoms with Crippen molar-refractivity contribution in [1.82, 2.24) is 4.90 Å². The largest absolute Gasteiger partial charge is 0.378 e. The predicted octanol–water partition coefficient (Wildman–Crippen LogP) is 1.53. The van der Waals surface area contributed by atoms with Crippen LogP contribution in [0.4, 0.5) is 0 Å². The molecule has 4 heteroatoms. The van der Waals surface area contributed by atoms with Gasteiger partial charge >= 0.3 is 0 Å². The van der Waals surface area contributed by atoms with E-state index >= 15 is 0 Å². The Morgan fingerprint density at radius 1 is 1.44 bits per heavy atom. The second-order valence-electron chi connectivity index (χ2n) is 5.77. The molecule has 0 aromatic rings. The molecule has 2 fully saturated rings. The van der Waals surface area contributed by atoms with Crippen LogP contribution in [0.2, 0.25) is 0 Å². The lowest BCUT2D eigenvalue weighted by Crippen LogP contribution is -2.45. The number of carbonyl (C=O) groups excluding carboxylic acids is 1. The number of piperidine rings is 1. The molecule has 2 saturated heterocycles. The van der Waals surface area contributed by atoms with Gasteiger partial charge in [0, 0.05) is 32.2 Å². The van der Waals surface area contributed by atoms with E-state index in [4.69, 9.17) is 10.5 Å². The van der Waals surface area contributed by atoms with Crippen LogP contribution >= 0.6 is 0 Å². The summed E-state index contributed by atoms with van der Waals surface area (Å²) in [6, 6.07) is 0.193. The highest BCUT2D eigenvalue weighted by Gasteiger charge is 2.26. The van der Waals surface area contributed by atoms with E-state index in [1.165, 1.54) is 0 Å². The third kappa shape index (κ3) is 3.69. The molecule has 0 spiro atoms. The third-order valence-electron chi connectivity index (χ3n) is 4.26. The Labute approximate surface area is 110 Å². The number of nitrogens with two attached hydrogens (primary N) is 1. The van der Waals surface area contributed by atoms with Gasteiger partial charge in [0.05, 0.1) is 6.10 Å². The summed E-state index contributed by atoms with van der Waals surface area (Å²) in [5.41, 5.74) is 5.95. The van der Waals surface area contributed by atoms with Crippen LogP contribution in [0.25, 0.3) is 0 Å². The quantitative estimate of drug-likeness (QED) is 0.828. The van der Waals surface area contributed by atoms with Gasteiger partial charge in [-0.1, -0.05) is 0 Å². The Hall–Kier alpha value is -0.610. The van der Waals surface area contributed by atoms with Gasteiger partial charge in [0.1, 0.15) is 0 Å². The number of hydrogen-bond donors (Lipinski definition) is 1. The fourth-order valence-electron chi connectivity index (χ4n) is 2.98. The van der Waals surface area contributed by atoms with E-state index in [0.29, 0.717) is 18.4 Å². The summed E-state index contributed by atoms with van der Waals surface area (Å²) in [7, 11) is 0. The van der Waals surface area contributed by atoms with Crippen molar-refractivity contribution in [3.8, 4) is 0 Å². The minimum atomic E-state index is 0.193. The topological polar surface area (TPSA) is 55.6 Å². The molecule has 3 unspecified atom stereocenters. The first kappa shape index (κ1) is 13.8. The van der Waals surface area contributed by atoms with Crippen LogP contribution in [0.5, 0.6) is 0 Å². The molecule has 0 bridgehead atoms. The zero-order chi connectivity index (χ0) is 13.0. The normalized spacial score (nSPS) is 30.4. The van der Waals surface area contributed by atoms with Crippen molar-refractivity contribution in [3.05, 3.63) is 0 Å². The zero-order valence-corrected chi connectivity index (χ0v) is 11.4. The molecule has 2 aliphatic rings. The van der Waals surface area contributed by atoms with Crippen LogP contribution < -0.4 is 5.73 Å². The van der Waals surface area contributed by atoms with Gasteiger partial charge in [0.15, 0.2) is 0 Å². The van der Waals surface area contributed by atoms with Crippen molar-refractivity contribution < 1.29 is 9.53 Å². The van der Waals surface area contributed by atoms with Crippen LogP contribution in [-0.2, 0) is 9.53 Å². The predicted molar refractivity (Wildman–Crippen MR) is 71.2 cm³/mol. The van der Waals surface area contributed by atoms with Gasteiger partial charge in [-0.2, -0.15) is 0 Å². The highest BCUT2D eigenvalue weighted by Crippen LogP contribution is 2.21. The zero-order valence-electron chi connectivity index (χ0n) is 11.4. The lowest BCUT2D eigenvalue weighted by molar-refractivity contribution is -0.133. The lowest BCUT2D eigenvalue weighted by atomic mass is 9.92. The molecule has 104 valence electrons. The second kappa shape index (κ2) is 6.53. The minimum absolute atomic E-state index is 0.193. The van der Waals surface area contributed by atoms with Crippen molar-refractivity contribution in [2.45, 2.75) is 57.6 Å². The summed E-state index contributed by atoms with van der Waals surface area (Å²) in [5, 5.41) is 0. The lowest BCUT2D eigenvalue weighted by Gasteiger charge is -2.34. The maximum Gasteiger partial charge on any atom is 0.222 e. The fourth-order valence-corrected chi connectivity index (χ4v) is 2.98.